The van der Waals surface area contributed by atoms with Crippen molar-refractivity contribution < 1.29 is 4.79 Å². The van der Waals surface area contributed by atoms with Crippen LogP contribution in [-0.2, 0) is 11.8 Å². The molecule has 0 radical (unpaired) electrons. The third-order valence-corrected chi connectivity index (χ3v) is 3.67. The molecular weight excluding hydrogens is 238 g/mol. The monoisotopic (exact) mass is 257 g/mol. The fourth-order valence-electron chi connectivity index (χ4n) is 1.28. The third kappa shape index (κ3) is 4.35. The number of thioether (sulfide) groups is 1. The van der Waals surface area contributed by atoms with Crippen LogP contribution in [0.3, 0.4) is 0 Å². The number of aryl methyl sites for hydroxylation is 1. The zero-order chi connectivity index (χ0) is 12.9. The van der Waals surface area contributed by atoms with E-state index in [0.29, 0.717) is 6.42 Å². The van der Waals surface area contributed by atoms with Crippen LogP contribution in [0.4, 0.5) is 0 Å². The molecule has 0 aliphatic rings. The average molecular weight is 257 g/mol. The number of aromatic nitrogens is 3. The van der Waals surface area contributed by atoms with E-state index in [2.05, 4.69) is 10.2 Å². The van der Waals surface area contributed by atoms with Crippen LogP contribution in [0.5, 0.6) is 0 Å². The van der Waals surface area contributed by atoms with Gasteiger partial charge in [-0.05, 0) is 19.8 Å². The summed E-state index contributed by atoms with van der Waals surface area (Å²) in [6, 6.07) is 0. The van der Waals surface area contributed by atoms with E-state index in [0.717, 1.165) is 23.8 Å². The molecule has 0 aromatic carbocycles. The molecule has 0 aliphatic heterocycles. The van der Waals surface area contributed by atoms with Crippen LogP contribution in [0.25, 0.3) is 0 Å². The first-order valence-electron chi connectivity index (χ1n) is 5.49. The molecule has 0 saturated carbocycles. The lowest BCUT2D eigenvalue weighted by molar-refractivity contribution is -0.122. The van der Waals surface area contributed by atoms with Crippen LogP contribution in [0.2, 0.25) is 0 Å². The van der Waals surface area contributed by atoms with Crippen LogP contribution < -0.4 is 11.5 Å². The number of hydrogen-bond acceptors (Lipinski definition) is 5. The van der Waals surface area contributed by atoms with Crippen LogP contribution >= 0.6 is 11.8 Å². The van der Waals surface area contributed by atoms with Gasteiger partial charge in [0.1, 0.15) is 6.33 Å². The van der Waals surface area contributed by atoms with Crippen molar-refractivity contribution in [2.75, 3.05) is 5.75 Å². The number of primary amides is 1. The molecular formula is C10H19N5OS. The first-order chi connectivity index (χ1) is 7.93. The molecule has 1 aromatic rings. The van der Waals surface area contributed by atoms with Gasteiger partial charge in [0.2, 0.25) is 5.91 Å². The molecule has 1 unspecified atom stereocenters. The Bertz CT molecular complexity index is 377. The second kappa shape index (κ2) is 6.02. The van der Waals surface area contributed by atoms with Gasteiger partial charge in [-0.25, -0.2) is 0 Å². The molecule has 0 aliphatic carbocycles. The van der Waals surface area contributed by atoms with Gasteiger partial charge in [0.25, 0.3) is 0 Å². The minimum Gasteiger partial charge on any atom is -0.368 e. The van der Waals surface area contributed by atoms with Gasteiger partial charge < -0.3 is 16.0 Å². The van der Waals surface area contributed by atoms with Gasteiger partial charge in [-0.3, -0.25) is 4.79 Å². The van der Waals surface area contributed by atoms with Crippen molar-refractivity contribution in [1.82, 2.24) is 14.8 Å². The van der Waals surface area contributed by atoms with Crippen molar-refractivity contribution in [3.63, 3.8) is 0 Å². The SMILES string of the molecule is Cn1cnnc1SCCCCC(C)(N)C(N)=O. The highest BCUT2D eigenvalue weighted by Crippen LogP contribution is 2.17. The van der Waals surface area contributed by atoms with Gasteiger partial charge in [-0.1, -0.05) is 18.2 Å². The molecule has 0 spiro atoms. The van der Waals surface area contributed by atoms with Crippen LogP contribution in [0, 0.1) is 0 Å². The van der Waals surface area contributed by atoms with Gasteiger partial charge in [-0.15, -0.1) is 10.2 Å². The molecule has 7 heteroatoms. The second-order valence-corrected chi connectivity index (χ2v) is 5.37. The molecule has 17 heavy (non-hydrogen) atoms. The zero-order valence-electron chi connectivity index (χ0n) is 10.2. The zero-order valence-corrected chi connectivity index (χ0v) is 11.0. The molecule has 1 rings (SSSR count). The molecule has 6 nitrogen and oxygen atoms in total. The number of nitrogens with zero attached hydrogens (tertiary/aromatic N) is 3. The van der Waals surface area contributed by atoms with Gasteiger partial charge in [0.05, 0.1) is 5.54 Å². The summed E-state index contributed by atoms with van der Waals surface area (Å²) in [5.41, 5.74) is 10.1. The van der Waals surface area contributed by atoms with E-state index in [1.54, 1.807) is 25.0 Å². The molecule has 96 valence electrons. The molecule has 0 fully saturated rings. The Morgan fingerprint density at radius 1 is 1.59 bits per heavy atom. The summed E-state index contributed by atoms with van der Waals surface area (Å²) in [4.78, 5) is 11.0. The van der Waals surface area contributed by atoms with Crippen molar-refractivity contribution in [2.45, 2.75) is 36.9 Å². The van der Waals surface area contributed by atoms with Crippen molar-refractivity contribution in [3.8, 4) is 0 Å². The van der Waals surface area contributed by atoms with E-state index >= 15 is 0 Å². The van der Waals surface area contributed by atoms with E-state index in [-0.39, 0.29) is 0 Å². The highest BCUT2D eigenvalue weighted by atomic mass is 32.2. The Kier molecular flexibility index (Phi) is 4.95. The molecule has 1 amide bonds. The second-order valence-electron chi connectivity index (χ2n) is 4.31. The molecule has 1 heterocycles. The maximum absolute atomic E-state index is 11.0. The molecule has 0 saturated heterocycles. The topological polar surface area (TPSA) is 99.8 Å². The minimum absolute atomic E-state index is 0.446. The highest BCUT2D eigenvalue weighted by Gasteiger charge is 2.24. The Morgan fingerprint density at radius 3 is 2.82 bits per heavy atom. The average Bonchev–Trinajstić information content (AvgIpc) is 2.63. The van der Waals surface area contributed by atoms with E-state index in [4.69, 9.17) is 11.5 Å². The lowest BCUT2D eigenvalue weighted by Crippen LogP contribution is -2.49. The summed E-state index contributed by atoms with van der Waals surface area (Å²) >= 11 is 1.65. The molecule has 0 bridgehead atoms. The number of hydrogen-bond donors (Lipinski definition) is 2. The summed E-state index contributed by atoms with van der Waals surface area (Å²) in [7, 11) is 1.91. The summed E-state index contributed by atoms with van der Waals surface area (Å²) in [5.74, 6) is 0.486. The summed E-state index contributed by atoms with van der Waals surface area (Å²) in [6.07, 6.45) is 4.13. The van der Waals surface area contributed by atoms with E-state index < -0.39 is 11.4 Å². The standard InChI is InChI=1S/C10H19N5OS/c1-10(12,8(11)16)5-3-4-6-17-9-14-13-7-15(9)2/h7H,3-6,12H2,1-2H3,(H2,11,16). The van der Waals surface area contributed by atoms with Gasteiger partial charge in [0, 0.05) is 12.8 Å². The predicted molar refractivity (Wildman–Crippen MR) is 67.4 cm³/mol. The first kappa shape index (κ1) is 14.0. The van der Waals surface area contributed by atoms with E-state index in [9.17, 15) is 4.79 Å². The smallest absolute Gasteiger partial charge is 0.237 e. The molecule has 1 atom stereocenters. The predicted octanol–water partition coefficient (Wildman–Crippen LogP) is 0.280. The molecule has 1 aromatic heterocycles. The Morgan fingerprint density at radius 2 is 2.29 bits per heavy atom. The number of carbonyl (C=O) groups excluding carboxylic acids is 1. The fraction of sp³-hybridized carbons (Fsp3) is 0.700. The normalized spacial score (nSPS) is 14.5. The summed E-state index contributed by atoms with van der Waals surface area (Å²) < 4.78 is 1.88. The number of amides is 1. The quantitative estimate of drug-likeness (QED) is 0.540. The Labute approximate surface area is 105 Å². The maximum atomic E-state index is 11.0. The van der Waals surface area contributed by atoms with Crippen LogP contribution in [0.15, 0.2) is 11.5 Å². The number of nitrogens with two attached hydrogens (primary N) is 2. The van der Waals surface area contributed by atoms with Gasteiger partial charge in [-0.2, -0.15) is 0 Å². The molecule has 4 N–H and O–H groups in total. The maximum Gasteiger partial charge on any atom is 0.237 e. The fourth-order valence-corrected chi connectivity index (χ4v) is 2.17. The Hall–Kier alpha value is -1.08. The first-order valence-corrected chi connectivity index (χ1v) is 6.47. The Balaban J connectivity index is 2.17. The van der Waals surface area contributed by atoms with Crippen LogP contribution in [0.1, 0.15) is 26.2 Å². The van der Waals surface area contributed by atoms with Gasteiger partial charge >= 0.3 is 0 Å². The van der Waals surface area contributed by atoms with Crippen molar-refractivity contribution in [1.29, 1.82) is 0 Å². The van der Waals surface area contributed by atoms with E-state index in [1.165, 1.54) is 0 Å². The van der Waals surface area contributed by atoms with E-state index in [1.807, 2.05) is 11.6 Å². The van der Waals surface area contributed by atoms with Crippen LogP contribution in [-0.4, -0.2) is 32.0 Å². The minimum atomic E-state index is -0.893. The number of unbranched alkanes of at least 4 members (excludes halogenated alkanes) is 1. The highest BCUT2D eigenvalue weighted by molar-refractivity contribution is 7.99. The summed E-state index contributed by atoms with van der Waals surface area (Å²) in [6.45, 7) is 1.67. The van der Waals surface area contributed by atoms with Crippen molar-refractivity contribution in [3.05, 3.63) is 6.33 Å². The lowest BCUT2D eigenvalue weighted by Gasteiger charge is -2.19. The van der Waals surface area contributed by atoms with Crippen molar-refractivity contribution >= 4 is 17.7 Å². The largest absolute Gasteiger partial charge is 0.368 e. The summed E-state index contributed by atoms with van der Waals surface area (Å²) in [5, 5.41) is 8.66. The third-order valence-electron chi connectivity index (χ3n) is 2.55. The van der Waals surface area contributed by atoms with Gasteiger partial charge in [0.15, 0.2) is 5.16 Å². The lowest BCUT2D eigenvalue weighted by atomic mass is 9.96. The number of rotatable bonds is 7. The van der Waals surface area contributed by atoms with Crippen molar-refractivity contribution in [2.24, 2.45) is 18.5 Å². The number of carbonyl (C=O) groups is 1.